The molecule has 3 aromatic rings. The first-order valence-electron chi connectivity index (χ1n) is 9.21. The maximum atomic E-state index is 12.5. The van der Waals surface area contributed by atoms with Crippen molar-refractivity contribution >= 4 is 58.4 Å². The van der Waals surface area contributed by atoms with Crippen LogP contribution < -0.4 is 10.2 Å². The zero-order chi connectivity index (χ0) is 22.8. The molecule has 0 spiro atoms. The number of imide groups is 1. The summed E-state index contributed by atoms with van der Waals surface area (Å²) in [4.78, 5) is 54.2. The van der Waals surface area contributed by atoms with Gasteiger partial charge in [-0.05, 0) is 42.5 Å². The number of halogens is 2. The van der Waals surface area contributed by atoms with Crippen molar-refractivity contribution in [2.75, 3.05) is 16.8 Å². The molecule has 1 aliphatic rings. The van der Waals surface area contributed by atoms with Crippen LogP contribution in [-0.2, 0) is 9.53 Å². The van der Waals surface area contributed by atoms with Crippen LogP contribution >= 0.6 is 23.2 Å². The second-order valence-corrected chi connectivity index (χ2v) is 7.49. The topological polar surface area (TPSA) is 106 Å². The van der Waals surface area contributed by atoms with E-state index in [-0.39, 0.29) is 16.4 Å². The molecule has 0 fully saturated rings. The molecule has 32 heavy (non-hydrogen) atoms. The molecular formula is C22H13Cl2N3O5. The molecular weight excluding hydrogens is 457 g/mol. The summed E-state index contributed by atoms with van der Waals surface area (Å²) >= 11 is 11.7. The van der Waals surface area contributed by atoms with E-state index in [1.54, 1.807) is 24.3 Å². The van der Waals surface area contributed by atoms with Crippen LogP contribution in [0.15, 0.2) is 60.8 Å². The lowest BCUT2D eigenvalue weighted by molar-refractivity contribution is -0.119. The second kappa shape index (κ2) is 8.78. The van der Waals surface area contributed by atoms with Crippen LogP contribution in [0.3, 0.4) is 0 Å². The Hall–Kier alpha value is -3.75. The summed E-state index contributed by atoms with van der Waals surface area (Å²) < 4.78 is 4.99. The maximum Gasteiger partial charge on any atom is 0.338 e. The Balaban J connectivity index is 1.38. The van der Waals surface area contributed by atoms with Gasteiger partial charge in [0.05, 0.1) is 32.4 Å². The zero-order valence-corrected chi connectivity index (χ0v) is 17.7. The summed E-state index contributed by atoms with van der Waals surface area (Å²) in [6, 6.07) is 13.6. The number of aromatic nitrogens is 1. The highest BCUT2D eigenvalue weighted by Crippen LogP contribution is 2.28. The van der Waals surface area contributed by atoms with Crippen LogP contribution in [0.2, 0.25) is 10.0 Å². The average molecular weight is 470 g/mol. The molecule has 1 aliphatic heterocycles. The molecule has 0 atom stereocenters. The van der Waals surface area contributed by atoms with E-state index in [0.29, 0.717) is 21.8 Å². The van der Waals surface area contributed by atoms with Crippen LogP contribution in [0.25, 0.3) is 0 Å². The van der Waals surface area contributed by atoms with E-state index in [2.05, 4.69) is 10.3 Å². The minimum atomic E-state index is -0.760. The van der Waals surface area contributed by atoms with E-state index in [0.717, 1.165) is 4.90 Å². The van der Waals surface area contributed by atoms with Gasteiger partial charge in [-0.25, -0.2) is 14.7 Å². The van der Waals surface area contributed by atoms with Gasteiger partial charge in [0, 0.05) is 6.20 Å². The molecule has 2 heterocycles. The molecule has 0 radical (unpaired) electrons. The fraction of sp³-hybridized carbons (Fsp3) is 0.0455. The number of pyridine rings is 1. The third kappa shape index (κ3) is 4.18. The Morgan fingerprint density at radius 1 is 0.969 bits per heavy atom. The van der Waals surface area contributed by atoms with Gasteiger partial charge in [0.1, 0.15) is 0 Å². The van der Waals surface area contributed by atoms with Crippen molar-refractivity contribution in [2.45, 2.75) is 0 Å². The molecule has 1 N–H and O–H groups in total. The van der Waals surface area contributed by atoms with Crippen molar-refractivity contribution in [1.29, 1.82) is 0 Å². The summed E-state index contributed by atoms with van der Waals surface area (Å²) in [5.41, 5.74) is 1.10. The van der Waals surface area contributed by atoms with Crippen molar-refractivity contribution in [3.8, 4) is 0 Å². The van der Waals surface area contributed by atoms with Crippen LogP contribution in [-0.4, -0.2) is 35.3 Å². The largest absolute Gasteiger partial charge is 0.452 e. The number of anilines is 2. The highest BCUT2D eigenvalue weighted by molar-refractivity contribution is 6.36. The van der Waals surface area contributed by atoms with Crippen LogP contribution in [0.4, 0.5) is 11.5 Å². The average Bonchev–Trinajstić information content (AvgIpc) is 3.04. The maximum absolute atomic E-state index is 12.5. The van der Waals surface area contributed by atoms with Gasteiger partial charge in [0.15, 0.2) is 12.4 Å². The molecule has 0 bridgehead atoms. The van der Waals surface area contributed by atoms with Gasteiger partial charge in [0.2, 0.25) is 0 Å². The van der Waals surface area contributed by atoms with Gasteiger partial charge in [0.25, 0.3) is 17.7 Å². The Labute approximate surface area is 191 Å². The number of carbonyl (C=O) groups is 4. The van der Waals surface area contributed by atoms with Gasteiger partial charge in [-0.1, -0.05) is 35.3 Å². The molecule has 2 aromatic carbocycles. The lowest BCUT2D eigenvalue weighted by Crippen LogP contribution is -2.29. The number of esters is 1. The number of carbonyl (C=O) groups excluding carboxylic acids is 4. The summed E-state index contributed by atoms with van der Waals surface area (Å²) in [5.74, 6) is -2.19. The van der Waals surface area contributed by atoms with Crippen molar-refractivity contribution in [3.63, 3.8) is 0 Å². The number of amides is 3. The van der Waals surface area contributed by atoms with Gasteiger partial charge in [-0.3, -0.25) is 14.4 Å². The Kier molecular flexibility index (Phi) is 5.89. The predicted molar refractivity (Wildman–Crippen MR) is 117 cm³/mol. The fourth-order valence-electron chi connectivity index (χ4n) is 3.06. The molecule has 10 heteroatoms. The van der Waals surface area contributed by atoms with Crippen molar-refractivity contribution in [3.05, 3.63) is 87.5 Å². The van der Waals surface area contributed by atoms with Gasteiger partial charge in [-0.2, -0.15) is 0 Å². The van der Waals surface area contributed by atoms with Crippen molar-refractivity contribution in [2.24, 2.45) is 0 Å². The normalized spacial score (nSPS) is 12.5. The van der Waals surface area contributed by atoms with Crippen LogP contribution in [0, 0.1) is 0 Å². The molecule has 4 rings (SSSR count). The molecule has 3 amide bonds. The third-order valence-corrected chi connectivity index (χ3v) is 5.05. The van der Waals surface area contributed by atoms with E-state index >= 15 is 0 Å². The number of benzene rings is 2. The smallest absolute Gasteiger partial charge is 0.338 e. The van der Waals surface area contributed by atoms with E-state index < -0.39 is 30.3 Å². The molecule has 8 nitrogen and oxygen atoms in total. The zero-order valence-electron chi connectivity index (χ0n) is 16.2. The molecule has 0 saturated carbocycles. The lowest BCUT2D eigenvalue weighted by Gasteiger charge is -2.14. The SMILES string of the molecule is O=C(COC(=O)c1ccc(N2C(=O)c3ccccc3C2=O)cc1)Nc1ncc(Cl)cc1Cl. The highest BCUT2D eigenvalue weighted by atomic mass is 35.5. The van der Waals surface area contributed by atoms with Gasteiger partial charge in [-0.15, -0.1) is 0 Å². The number of nitrogens with zero attached hydrogens (tertiary/aromatic N) is 2. The number of nitrogens with one attached hydrogen (secondary N) is 1. The summed E-state index contributed by atoms with van der Waals surface area (Å²) in [5, 5.41) is 2.86. The monoisotopic (exact) mass is 469 g/mol. The van der Waals surface area contributed by atoms with E-state index in [1.807, 2.05) is 0 Å². The van der Waals surface area contributed by atoms with E-state index in [1.165, 1.54) is 36.5 Å². The number of hydrogen-bond donors (Lipinski definition) is 1. The lowest BCUT2D eigenvalue weighted by atomic mass is 10.1. The number of ether oxygens (including phenoxy) is 1. The quantitative estimate of drug-likeness (QED) is 0.447. The van der Waals surface area contributed by atoms with E-state index in [4.69, 9.17) is 27.9 Å². The highest BCUT2D eigenvalue weighted by Gasteiger charge is 2.36. The van der Waals surface area contributed by atoms with Crippen molar-refractivity contribution < 1.29 is 23.9 Å². The molecule has 0 aliphatic carbocycles. The van der Waals surface area contributed by atoms with E-state index in [9.17, 15) is 19.2 Å². The predicted octanol–water partition coefficient (Wildman–Crippen LogP) is 3.98. The molecule has 0 saturated heterocycles. The number of hydrogen-bond acceptors (Lipinski definition) is 6. The first kappa shape index (κ1) is 21.5. The molecule has 1 aromatic heterocycles. The standard InChI is InChI=1S/C22H13Cl2N3O5/c23-13-9-17(24)19(25-10-13)26-18(28)11-32-22(31)12-5-7-14(8-6-12)27-20(29)15-3-1-2-4-16(15)21(27)30/h1-10H,11H2,(H,25,26,28). The van der Waals surface area contributed by atoms with Crippen molar-refractivity contribution in [1.82, 2.24) is 4.98 Å². The first-order valence-corrected chi connectivity index (χ1v) is 9.96. The fourth-order valence-corrected chi connectivity index (χ4v) is 3.49. The Bertz CT molecular complexity index is 1230. The Morgan fingerprint density at radius 2 is 1.59 bits per heavy atom. The third-order valence-electron chi connectivity index (χ3n) is 4.56. The first-order chi connectivity index (χ1) is 15.3. The van der Waals surface area contributed by atoms with Gasteiger partial charge < -0.3 is 10.1 Å². The molecule has 0 unspecified atom stereocenters. The molecule has 160 valence electrons. The minimum Gasteiger partial charge on any atom is -0.452 e. The number of fused-ring (bicyclic) bond motifs is 1. The summed E-state index contributed by atoms with van der Waals surface area (Å²) in [6.07, 6.45) is 1.31. The number of rotatable bonds is 5. The van der Waals surface area contributed by atoms with Crippen LogP contribution in [0.5, 0.6) is 0 Å². The second-order valence-electron chi connectivity index (χ2n) is 6.65. The summed E-state index contributed by atoms with van der Waals surface area (Å²) in [6.45, 7) is -0.570. The Morgan fingerprint density at radius 3 is 2.19 bits per heavy atom. The van der Waals surface area contributed by atoms with Gasteiger partial charge >= 0.3 is 5.97 Å². The summed E-state index contributed by atoms with van der Waals surface area (Å²) in [7, 11) is 0. The van der Waals surface area contributed by atoms with Crippen LogP contribution in [0.1, 0.15) is 31.1 Å². The minimum absolute atomic E-state index is 0.0856.